The predicted octanol–water partition coefficient (Wildman–Crippen LogP) is 3.15. The van der Waals surface area contributed by atoms with Gasteiger partial charge in [0.2, 0.25) is 0 Å². The van der Waals surface area contributed by atoms with Crippen LogP contribution in [0, 0.1) is 0 Å². The molecule has 1 N–H and O–H groups in total. The summed E-state index contributed by atoms with van der Waals surface area (Å²) < 4.78 is 0. The SMILES string of the molecule is O=C(CCN1CCCC1CCCO)c1ccc(Cl)cc1. The lowest BCUT2D eigenvalue weighted by Gasteiger charge is -2.23. The number of aliphatic hydroxyl groups is 1. The zero-order valence-electron chi connectivity index (χ0n) is 11.7. The summed E-state index contributed by atoms with van der Waals surface area (Å²) in [6.07, 6.45) is 4.83. The molecule has 1 saturated heterocycles. The number of aliphatic hydroxyl groups excluding tert-OH is 1. The van der Waals surface area contributed by atoms with Crippen LogP contribution in [-0.4, -0.2) is 41.5 Å². The average molecular weight is 296 g/mol. The van der Waals surface area contributed by atoms with E-state index in [1.165, 1.54) is 12.8 Å². The van der Waals surface area contributed by atoms with E-state index in [9.17, 15) is 4.79 Å². The second-order valence-corrected chi connectivity index (χ2v) is 5.81. The highest BCUT2D eigenvalue weighted by molar-refractivity contribution is 6.30. The first-order chi connectivity index (χ1) is 9.70. The Hall–Kier alpha value is -0.900. The first-order valence-electron chi connectivity index (χ1n) is 7.34. The van der Waals surface area contributed by atoms with Gasteiger partial charge in [-0.1, -0.05) is 11.6 Å². The summed E-state index contributed by atoms with van der Waals surface area (Å²) in [5, 5.41) is 9.58. The largest absolute Gasteiger partial charge is 0.396 e. The van der Waals surface area contributed by atoms with Gasteiger partial charge in [0, 0.05) is 36.2 Å². The van der Waals surface area contributed by atoms with Crippen LogP contribution in [0.4, 0.5) is 0 Å². The van der Waals surface area contributed by atoms with Crippen LogP contribution in [0.15, 0.2) is 24.3 Å². The molecule has 0 bridgehead atoms. The second kappa shape index (κ2) is 7.77. The first kappa shape index (κ1) is 15.5. The van der Waals surface area contributed by atoms with E-state index in [0.29, 0.717) is 17.5 Å². The van der Waals surface area contributed by atoms with Gasteiger partial charge < -0.3 is 5.11 Å². The van der Waals surface area contributed by atoms with Crippen molar-refractivity contribution in [2.24, 2.45) is 0 Å². The lowest BCUT2D eigenvalue weighted by atomic mass is 10.1. The molecular formula is C16H22ClNO2. The lowest BCUT2D eigenvalue weighted by Crippen LogP contribution is -2.31. The van der Waals surface area contributed by atoms with E-state index >= 15 is 0 Å². The standard InChI is InChI=1S/C16H22ClNO2/c17-14-7-5-13(6-8-14)16(20)9-11-18-10-1-3-15(18)4-2-12-19/h5-8,15,19H,1-4,9-12H2. The third kappa shape index (κ3) is 4.30. The molecule has 0 radical (unpaired) electrons. The van der Waals surface area contributed by atoms with Gasteiger partial charge in [-0.15, -0.1) is 0 Å². The number of hydrogen-bond donors (Lipinski definition) is 1. The van der Waals surface area contributed by atoms with Gasteiger partial charge in [0.25, 0.3) is 0 Å². The van der Waals surface area contributed by atoms with Gasteiger partial charge in [-0.25, -0.2) is 0 Å². The highest BCUT2D eigenvalue weighted by atomic mass is 35.5. The summed E-state index contributed by atoms with van der Waals surface area (Å²) in [5.41, 5.74) is 0.737. The Morgan fingerprint density at radius 2 is 2.10 bits per heavy atom. The average Bonchev–Trinajstić information content (AvgIpc) is 2.90. The smallest absolute Gasteiger partial charge is 0.164 e. The van der Waals surface area contributed by atoms with Crippen LogP contribution in [0.1, 0.15) is 42.5 Å². The number of carbonyl (C=O) groups excluding carboxylic acids is 1. The van der Waals surface area contributed by atoms with Crippen LogP contribution in [0.2, 0.25) is 5.02 Å². The minimum atomic E-state index is 0.175. The van der Waals surface area contributed by atoms with E-state index < -0.39 is 0 Å². The molecule has 0 aromatic heterocycles. The molecule has 1 aromatic rings. The van der Waals surface area contributed by atoms with Gasteiger partial charge >= 0.3 is 0 Å². The minimum absolute atomic E-state index is 0.175. The van der Waals surface area contributed by atoms with Crippen molar-refractivity contribution in [3.8, 4) is 0 Å². The Labute approximate surface area is 125 Å². The second-order valence-electron chi connectivity index (χ2n) is 5.38. The molecule has 3 nitrogen and oxygen atoms in total. The van der Waals surface area contributed by atoms with Crippen LogP contribution in [0.3, 0.4) is 0 Å². The number of likely N-dealkylation sites (tertiary alicyclic amines) is 1. The maximum absolute atomic E-state index is 12.1. The fraction of sp³-hybridized carbons (Fsp3) is 0.562. The number of ketones is 1. The quantitative estimate of drug-likeness (QED) is 0.786. The Balaban J connectivity index is 1.81. The fourth-order valence-electron chi connectivity index (χ4n) is 2.87. The van der Waals surface area contributed by atoms with Crippen LogP contribution in [-0.2, 0) is 0 Å². The van der Waals surface area contributed by atoms with Gasteiger partial charge in [0.1, 0.15) is 0 Å². The number of Topliss-reactive ketones (excluding diaryl/α,β-unsaturated/α-hetero) is 1. The molecular weight excluding hydrogens is 274 g/mol. The molecule has 1 unspecified atom stereocenters. The van der Waals surface area contributed by atoms with Crippen molar-refractivity contribution >= 4 is 17.4 Å². The summed E-state index contributed by atoms with van der Waals surface area (Å²) in [5.74, 6) is 0.175. The molecule has 0 saturated carbocycles. The zero-order chi connectivity index (χ0) is 14.4. The van der Waals surface area contributed by atoms with Gasteiger partial charge in [-0.05, 0) is 56.5 Å². The molecule has 110 valence electrons. The van der Waals surface area contributed by atoms with E-state index in [1.807, 2.05) is 0 Å². The summed E-state index contributed by atoms with van der Waals surface area (Å²) in [6.45, 7) is 2.15. The molecule has 1 aliphatic heterocycles. The van der Waals surface area contributed by atoms with E-state index in [2.05, 4.69) is 4.90 Å². The van der Waals surface area contributed by atoms with Crippen LogP contribution < -0.4 is 0 Å². The number of rotatable bonds is 7. The van der Waals surface area contributed by atoms with E-state index in [4.69, 9.17) is 16.7 Å². The number of halogens is 1. The maximum Gasteiger partial charge on any atom is 0.164 e. The third-order valence-corrected chi connectivity index (χ3v) is 4.24. The van der Waals surface area contributed by atoms with Crippen molar-refractivity contribution in [2.45, 2.75) is 38.1 Å². The number of benzene rings is 1. The fourth-order valence-corrected chi connectivity index (χ4v) is 2.99. The predicted molar refractivity (Wildman–Crippen MR) is 81.3 cm³/mol. The van der Waals surface area contributed by atoms with E-state index in [-0.39, 0.29) is 12.4 Å². The number of carbonyl (C=O) groups is 1. The third-order valence-electron chi connectivity index (χ3n) is 3.99. The minimum Gasteiger partial charge on any atom is -0.396 e. The van der Waals surface area contributed by atoms with Crippen molar-refractivity contribution in [1.82, 2.24) is 4.90 Å². The van der Waals surface area contributed by atoms with Gasteiger partial charge in [0.05, 0.1) is 0 Å². The molecule has 2 rings (SSSR count). The highest BCUT2D eigenvalue weighted by Crippen LogP contribution is 2.22. The first-order valence-corrected chi connectivity index (χ1v) is 7.72. The van der Waals surface area contributed by atoms with Crippen LogP contribution >= 0.6 is 11.6 Å². The Bertz CT molecular complexity index is 433. The molecule has 4 heteroatoms. The van der Waals surface area contributed by atoms with Crippen LogP contribution in [0.25, 0.3) is 0 Å². The molecule has 1 atom stereocenters. The van der Waals surface area contributed by atoms with Crippen molar-refractivity contribution in [2.75, 3.05) is 19.7 Å². The van der Waals surface area contributed by atoms with Gasteiger partial charge in [-0.3, -0.25) is 9.69 Å². The summed E-state index contributed by atoms with van der Waals surface area (Å²) in [4.78, 5) is 14.5. The van der Waals surface area contributed by atoms with Gasteiger partial charge in [-0.2, -0.15) is 0 Å². The molecule has 0 aliphatic carbocycles. The van der Waals surface area contributed by atoms with E-state index in [0.717, 1.165) is 31.5 Å². The van der Waals surface area contributed by atoms with Crippen molar-refractivity contribution in [3.63, 3.8) is 0 Å². The van der Waals surface area contributed by atoms with Crippen molar-refractivity contribution in [1.29, 1.82) is 0 Å². The van der Waals surface area contributed by atoms with Gasteiger partial charge in [0.15, 0.2) is 5.78 Å². The summed E-state index contributed by atoms with van der Waals surface area (Å²) in [6, 6.07) is 7.64. The molecule has 1 heterocycles. The molecule has 20 heavy (non-hydrogen) atoms. The topological polar surface area (TPSA) is 40.5 Å². The summed E-state index contributed by atoms with van der Waals surface area (Å²) in [7, 11) is 0. The lowest BCUT2D eigenvalue weighted by molar-refractivity contribution is 0.0958. The summed E-state index contributed by atoms with van der Waals surface area (Å²) >= 11 is 5.82. The van der Waals surface area contributed by atoms with E-state index in [1.54, 1.807) is 24.3 Å². The Morgan fingerprint density at radius 3 is 2.80 bits per heavy atom. The molecule has 1 fully saturated rings. The highest BCUT2D eigenvalue weighted by Gasteiger charge is 2.24. The Morgan fingerprint density at radius 1 is 1.35 bits per heavy atom. The maximum atomic E-state index is 12.1. The van der Waals surface area contributed by atoms with Crippen molar-refractivity contribution < 1.29 is 9.90 Å². The molecule has 1 aliphatic rings. The molecule has 0 amide bonds. The normalized spacial score (nSPS) is 19.4. The zero-order valence-corrected chi connectivity index (χ0v) is 12.5. The monoisotopic (exact) mass is 295 g/mol. The van der Waals surface area contributed by atoms with Crippen LogP contribution in [0.5, 0.6) is 0 Å². The van der Waals surface area contributed by atoms with Crippen molar-refractivity contribution in [3.05, 3.63) is 34.9 Å². The molecule has 1 aromatic carbocycles. The Kier molecular flexibility index (Phi) is 6.02. The number of nitrogens with zero attached hydrogens (tertiary/aromatic N) is 1. The number of hydrogen-bond acceptors (Lipinski definition) is 3. The molecule has 0 spiro atoms.